The molecule has 1 aromatic heterocycles. The Hall–Kier alpha value is -2.12. The molecule has 0 saturated carbocycles. The number of thiocarbonyl (C=S) groups is 1. The molecule has 0 saturated heterocycles. The number of aromatic amines is 1. The summed E-state index contributed by atoms with van der Waals surface area (Å²) in [4.78, 5) is 19.7. The van der Waals surface area contributed by atoms with Gasteiger partial charge in [-0.2, -0.15) is 0 Å². The Morgan fingerprint density at radius 2 is 2.00 bits per heavy atom. The highest BCUT2D eigenvalue weighted by Gasteiger charge is 2.14. The van der Waals surface area contributed by atoms with E-state index in [1.807, 2.05) is 38.4 Å². The van der Waals surface area contributed by atoms with Crippen molar-refractivity contribution in [3.8, 4) is 5.75 Å². The largest absolute Gasteiger partial charge is 0.497 e. The summed E-state index contributed by atoms with van der Waals surface area (Å²) in [5.41, 5.74) is 1.36. The zero-order chi connectivity index (χ0) is 20.0. The second kappa shape index (κ2) is 9.71. The van der Waals surface area contributed by atoms with Crippen LogP contribution in [0.25, 0.3) is 10.9 Å². The van der Waals surface area contributed by atoms with Gasteiger partial charge in [0, 0.05) is 31.3 Å². The number of rotatable bonds is 8. The third kappa shape index (κ3) is 6.22. The van der Waals surface area contributed by atoms with Gasteiger partial charge in [0.1, 0.15) is 5.75 Å². The number of fused-ring (bicyclic) bond motifs is 1. The molecule has 2 N–H and O–H groups in total. The van der Waals surface area contributed by atoms with Gasteiger partial charge in [0.2, 0.25) is 0 Å². The minimum atomic E-state index is -0.0998. The number of hydrogen-bond acceptors (Lipinski definition) is 4. The van der Waals surface area contributed by atoms with Gasteiger partial charge >= 0.3 is 0 Å². The average Bonchev–Trinajstić information content (AvgIpc) is 2.62. The summed E-state index contributed by atoms with van der Waals surface area (Å²) in [6, 6.07) is 7.61. The second-order valence-electron chi connectivity index (χ2n) is 7.38. The van der Waals surface area contributed by atoms with Crippen LogP contribution in [-0.2, 0) is 6.54 Å². The number of pyridine rings is 1. The normalized spacial score (nSPS) is 11.2. The van der Waals surface area contributed by atoms with Gasteiger partial charge in [0.05, 0.1) is 19.2 Å². The molecule has 0 unspecified atom stereocenters. The van der Waals surface area contributed by atoms with Crippen LogP contribution in [0.4, 0.5) is 0 Å². The number of ether oxygens (including phenoxy) is 1. The SMILES string of the molecule is COc1ccc2cc(CN(CCN(C)C)C(=S)NCC(C)C)c(=O)[nH]c2c1. The molecule has 0 bridgehead atoms. The number of benzene rings is 1. The molecular formula is C20H30N4O2S. The van der Waals surface area contributed by atoms with Crippen LogP contribution in [0.5, 0.6) is 5.75 Å². The van der Waals surface area contributed by atoms with Crippen molar-refractivity contribution < 1.29 is 4.74 Å². The third-order valence-electron chi connectivity index (χ3n) is 4.26. The number of methoxy groups -OCH3 is 1. The van der Waals surface area contributed by atoms with Gasteiger partial charge in [0.25, 0.3) is 5.56 Å². The molecule has 0 aliphatic heterocycles. The van der Waals surface area contributed by atoms with Crippen molar-refractivity contribution >= 4 is 28.2 Å². The fourth-order valence-electron chi connectivity index (χ4n) is 2.65. The van der Waals surface area contributed by atoms with Crippen LogP contribution in [0, 0.1) is 5.92 Å². The van der Waals surface area contributed by atoms with Crippen molar-refractivity contribution in [1.82, 2.24) is 20.1 Å². The van der Waals surface area contributed by atoms with Gasteiger partial charge in [-0.3, -0.25) is 4.79 Å². The quantitative estimate of drug-likeness (QED) is 0.675. The summed E-state index contributed by atoms with van der Waals surface area (Å²) in [5, 5.41) is 4.96. The first-order valence-corrected chi connectivity index (χ1v) is 9.58. The van der Waals surface area contributed by atoms with Crippen molar-refractivity contribution in [2.24, 2.45) is 5.92 Å². The van der Waals surface area contributed by atoms with E-state index in [2.05, 4.69) is 33.9 Å². The molecule has 2 rings (SSSR count). The van der Waals surface area contributed by atoms with Crippen molar-refractivity contribution in [2.45, 2.75) is 20.4 Å². The molecule has 0 aliphatic rings. The number of hydrogen-bond donors (Lipinski definition) is 2. The van der Waals surface area contributed by atoms with Gasteiger partial charge in [-0.1, -0.05) is 13.8 Å². The molecule has 0 aliphatic carbocycles. The van der Waals surface area contributed by atoms with E-state index < -0.39 is 0 Å². The highest BCUT2D eigenvalue weighted by Crippen LogP contribution is 2.19. The highest BCUT2D eigenvalue weighted by molar-refractivity contribution is 7.80. The average molecular weight is 391 g/mol. The van der Waals surface area contributed by atoms with Crippen molar-refractivity contribution in [1.29, 1.82) is 0 Å². The third-order valence-corrected chi connectivity index (χ3v) is 4.66. The van der Waals surface area contributed by atoms with E-state index in [0.717, 1.165) is 36.3 Å². The lowest BCUT2D eigenvalue weighted by molar-refractivity contribution is 0.321. The van der Waals surface area contributed by atoms with Crippen LogP contribution in [0.15, 0.2) is 29.1 Å². The second-order valence-corrected chi connectivity index (χ2v) is 7.77. The summed E-state index contributed by atoms with van der Waals surface area (Å²) >= 11 is 5.58. The molecule has 0 fully saturated rings. The monoisotopic (exact) mass is 390 g/mol. The van der Waals surface area contributed by atoms with Crippen molar-refractivity contribution in [2.75, 3.05) is 40.8 Å². The minimum Gasteiger partial charge on any atom is -0.497 e. The maximum atomic E-state index is 12.6. The van der Waals surface area contributed by atoms with Gasteiger partial charge in [0.15, 0.2) is 5.11 Å². The number of aromatic nitrogens is 1. The maximum Gasteiger partial charge on any atom is 0.253 e. The summed E-state index contributed by atoms with van der Waals surface area (Å²) in [5.74, 6) is 1.22. The van der Waals surface area contributed by atoms with E-state index in [4.69, 9.17) is 17.0 Å². The first kappa shape index (κ1) is 21.2. The first-order valence-electron chi connectivity index (χ1n) is 9.17. The Morgan fingerprint density at radius 1 is 1.26 bits per heavy atom. The van der Waals surface area contributed by atoms with Gasteiger partial charge < -0.3 is 24.8 Å². The molecular weight excluding hydrogens is 360 g/mol. The Kier molecular flexibility index (Phi) is 7.62. The number of nitrogens with one attached hydrogen (secondary N) is 2. The van der Waals surface area contributed by atoms with Crippen LogP contribution in [0.1, 0.15) is 19.4 Å². The zero-order valence-corrected chi connectivity index (χ0v) is 17.7. The van der Waals surface area contributed by atoms with E-state index in [0.29, 0.717) is 23.1 Å². The number of H-pyrrole nitrogens is 1. The van der Waals surface area contributed by atoms with E-state index in [9.17, 15) is 4.79 Å². The Balaban J connectivity index is 2.25. The van der Waals surface area contributed by atoms with E-state index in [1.54, 1.807) is 7.11 Å². The predicted molar refractivity (Wildman–Crippen MR) is 116 cm³/mol. The topological polar surface area (TPSA) is 60.6 Å². The Morgan fingerprint density at radius 3 is 2.63 bits per heavy atom. The Labute approximate surface area is 166 Å². The molecule has 0 spiro atoms. The standard InChI is InChI=1S/C20H30N4O2S/c1-14(2)12-21-20(27)24(9-8-23(3)4)13-16-10-15-6-7-17(26-5)11-18(15)22-19(16)25/h6-7,10-11,14H,8-9,12-13H2,1-5H3,(H,21,27)(H,22,25). The molecule has 148 valence electrons. The lowest BCUT2D eigenvalue weighted by Gasteiger charge is -2.27. The highest BCUT2D eigenvalue weighted by atomic mass is 32.1. The molecule has 1 aromatic carbocycles. The Bertz CT molecular complexity index is 832. The molecule has 0 atom stereocenters. The van der Waals surface area contributed by atoms with Crippen molar-refractivity contribution in [3.05, 3.63) is 40.2 Å². The van der Waals surface area contributed by atoms with Crippen LogP contribution >= 0.6 is 12.2 Å². The zero-order valence-electron chi connectivity index (χ0n) is 16.8. The summed E-state index contributed by atoms with van der Waals surface area (Å²) in [6.07, 6.45) is 0. The summed E-state index contributed by atoms with van der Waals surface area (Å²) < 4.78 is 5.23. The van der Waals surface area contributed by atoms with Gasteiger partial charge in [-0.15, -0.1) is 0 Å². The maximum absolute atomic E-state index is 12.6. The fraction of sp³-hybridized carbons (Fsp3) is 0.500. The minimum absolute atomic E-state index is 0.0998. The molecule has 1 heterocycles. The molecule has 0 radical (unpaired) electrons. The van der Waals surface area contributed by atoms with Gasteiger partial charge in [-0.25, -0.2) is 0 Å². The van der Waals surface area contributed by atoms with E-state index in [1.165, 1.54) is 0 Å². The van der Waals surface area contributed by atoms with Crippen LogP contribution in [0.3, 0.4) is 0 Å². The number of likely N-dealkylation sites (N-methyl/N-ethyl adjacent to an activating group) is 1. The smallest absolute Gasteiger partial charge is 0.253 e. The first-order chi connectivity index (χ1) is 12.8. The summed E-state index contributed by atoms with van der Waals surface area (Å²) in [6.45, 7) is 7.16. The molecule has 6 nitrogen and oxygen atoms in total. The summed E-state index contributed by atoms with van der Waals surface area (Å²) in [7, 11) is 5.67. The molecule has 0 amide bonds. The van der Waals surface area contributed by atoms with Crippen LogP contribution < -0.4 is 15.6 Å². The van der Waals surface area contributed by atoms with Gasteiger partial charge in [-0.05, 0) is 55.8 Å². The molecule has 2 aromatic rings. The predicted octanol–water partition coefficient (Wildman–Crippen LogP) is 2.43. The van der Waals surface area contributed by atoms with Crippen LogP contribution in [-0.4, -0.2) is 60.7 Å². The fourth-order valence-corrected chi connectivity index (χ4v) is 2.89. The van der Waals surface area contributed by atoms with E-state index in [-0.39, 0.29) is 5.56 Å². The lowest BCUT2D eigenvalue weighted by Crippen LogP contribution is -2.44. The van der Waals surface area contributed by atoms with Crippen LogP contribution in [0.2, 0.25) is 0 Å². The molecule has 7 heteroatoms. The van der Waals surface area contributed by atoms with E-state index >= 15 is 0 Å². The van der Waals surface area contributed by atoms with Crippen molar-refractivity contribution in [3.63, 3.8) is 0 Å². The lowest BCUT2D eigenvalue weighted by atomic mass is 10.1. The number of nitrogens with zero attached hydrogens (tertiary/aromatic N) is 2. The molecule has 27 heavy (non-hydrogen) atoms.